The van der Waals surface area contributed by atoms with Crippen LogP contribution in [0.5, 0.6) is 11.5 Å². The van der Waals surface area contributed by atoms with Gasteiger partial charge in [0.2, 0.25) is 0 Å². The molecule has 0 saturated carbocycles. The summed E-state index contributed by atoms with van der Waals surface area (Å²) in [5.41, 5.74) is 11.9. The number of nitrogens with zero attached hydrogens (tertiary/aromatic N) is 6. The van der Waals surface area contributed by atoms with E-state index in [4.69, 9.17) is 21.3 Å². The molecule has 54 heavy (non-hydrogen) atoms. The Labute approximate surface area is 308 Å². The monoisotopic (exact) mass is 690 g/mol. The lowest BCUT2D eigenvalue weighted by atomic mass is 9.66. The van der Waals surface area contributed by atoms with E-state index in [1.165, 1.54) is 5.39 Å². The van der Waals surface area contributed by atoms with Gasteiger partial charge in [-0.15, -0.1) is 0 Å². The minimum atomic E-state index is -0.761. The predicted octanol–water partition coefficient (Wildman–Crippen LogP) is 11.1. The molecule has 5 aromatic carbocycles. The zero-order chi connectivity index (χ0) is 35.5. The maximum Gasteiger partial charge on any atom is 0.188 e. The number of fused-ring (bicyclic) bond motifs is 15. The van der Waals surface area contributed by atoms with Gasteiger partial charge in [-0.3, -0.25) is 15.0 Å². The van der Waals surface area contributed by atoms with Gasteiger partial charge in [-0.05, 0) is 65.5 Å². The van der Waals surface area contributed by atoms with Crippen molar-refractivity contribution in [3.05, 3.63) is 192 Å². The van der Waals surface area contributed by atoms with Crippen LogP contribution in [-0.4, -0.2) is 24.1 Å². The van der Waals surface area contributed by atoms with Gasteiger partial charge in [0.15, 0.2) is 5.69 Å². The molecule has 1 atom stereocenters. The highest BCUT2D eigenvalue weighted by Gasteiger charge is 2.52. The molecule has 1 unspecified atom stereocenters. The van der Waals surface area contributed by atoms with Crippen LogP contribution in [0.1, 0.15) is 22.3 Å². The number of hydrogen-bond donors (Lipinski definition) is 0. The Morgan fingerprint density at radius 2 is 1.20 bits per heavy atom. The van der Waals surface area contributed by atoms with Crippen LogP contribution in [0.3, 0.4) is 0 Å². The van der Waals surface area contributed by atoms with Crippen molar-refractivity contribution in [1.82, 2.24) is 24.1 Å². The molecule has 0 amide bonds. The minimum Gasteiger partial charge on any atom is -0.457 e. The fraction of sp³-hybridized carbons (Fsp3) is 0.0213. The van der Waals surface area contributed by atoms with Gasteiger partial charge in [-0.2, -0.15) is 0 Å². The average molecular weight is 691 g/mol. The van der Waals surface area contributed by atoms with Gasteiger partial charge in [0.1, 0.15) is 11.5 Å². The first kappa shape index (κ1) is 29.1. The summed E-state index contributed by atoms with van der Waals surface area (Å²) < 4.78 is 11.4. The summed E-state index contributed by atoms with van der Waals surface area (Å²) in [5.74, 6) is 1.57. The van der Waals surface area contributed by atoms with Crippen LogP contribution in [0.2, 0.25) is 0 Å². The fourth-order valence-corrected chi connectivity index (χ4v) is 9.25. The third-order valence-corrected chi connectivity index (χ3v) is 11.4. The van der Waals surface area contributed by atoms with E-state index >= 15 is 0 Å². The third kappa shape index (κ3) is 3.61. The normalized spacial score (nSPS) is 15.2. The Hall–Kier alpha value is -7.56. The number of pyridine rings is 3. The summed E-state index contributed by atoms with van der Waals surface area (Å²) >= 11 is 0. The maximum atomic E-state index is 7.69. The number of para-hydroxylation sites is 3. The Morgan fingerprint density at radius 1 is 0.500 bits per heavy atom. The maximum absolute atomic E-state index is 7.69. The highest BCUT2D eigenvalue weighted by molar-refractivity contribution is 6.11. The first-order valence-electron chi connectivity index (χ1n) is 17.9. The lowest BCUT2D eigenvalue weighted by Crippen LogP contribution is -2.32. The first-order valence-corrected chi connectivity index (χ1v) is 17.9. The molecule has 0 radical (unpaired) electrons. The summed E-state index contributed by atoms with van der Waals surface area (Å²) in [4.78, 5) is 18.5. The molecule has 5 aromatic heterocycles. The second kappa shape index (κ2) is 10.5. The standard InChI is InChI=1S/C47H26N6O/c1-48-28-16-19-41-34(23-28)32-10-3-6-14-40(32)53(41)30-24-38-46(51-26-30)45-37(12-8-21-50-45)47(38)35-11-4-7-15-43(35)54-44-25-29(17-18-36(44)47)52-39-13-5-2-9-31(39)33-20-22-49-27-42(33)52/h2-27H. The van der Waals surface area contributed by atoms with Crippen LogP contribution in [0.4, 0.5) is 5.69 Å². The first-order chi connectivity index (χ1) is 26.7. The molecule has 1 aliphatic heterocycles. The highest BCUT2D eigenvalue weighted by atomic mass is 16.5. The van der Waals surface area contributed by atoms with E-state index in [0.717, 1.165) is 94.7 Å². The molecule has 1 spiro atoms. The summed E-state index contributed by atoms with van der Waals surface area (Å²) in [6.07, 6.45) is 7.60. The van der Waals surface area contributed by atoms with E-state index in [-0.39, 0.29) is 0 Å². The van der Waals surface area contributed by atoms with Gasteiger partial charge in [0.25, 0.3) is 0 Å². The van der Waals surface area contributed by atoms with Crippen LogP contribution in [0, 0.1) is 6.57 Å². The smallest absolute Gasteiger partial charge is 0.188 e. The fourth-order valence-electron chi connectivity index (χ4n) is 9.25. The second-order valence-electron chi connectivity index (χ2n) is 13.9. The average Bonchev–Trinajstić information content (AvgIpc) is 3.85. The van der Waals surface area contributed by atoms with Crippen molar-refractivity contribution < 1.29 is 4.74 Å². The Kier molecular flexibility index (Phi) is 5.65. The van der Waals surface area contributed by atoms with Crippen LogP contribution < -0.4 is 4.74 Å². The number of rotatable bonds is 2. The quantitative estimate of drug-likeness (QED) is 0.169. The Balaban J connectivity index is 1.16. The molecule has 12 rings (SSSR count). The van der Waals surface area contributed by atoms with Crippen molar-refractivity contribution in [1.29, 1.82) is 0 Å². The lowest BCUT2D eigenvalue weighted by Gasteiger charge is -2.39. The van der Waals surface area contributed by atoms with Gasteiger partial charge in [0.05, 0.1) is 63.5 Å². The van der Waals surface area contributed by atoms with Crippen LogP contribution >= 0.6 is 0 Å². The van der Waals surface area contributed by atoms with E-state index < -0.39 is 5.41 Å². The molecule has 7 nitrogen and oxygen atoms in total. The topological polar surface area (TPSA) is 62.1 Å². The number of hydrogen-bond acceptors (Lipinski definition) is 4. The summed E-state index contributed by atoms with van der Waals surface area (Å²) in [5, 5.41) is 4.45. The summed E-state index contributed by atoms with van der Waals surface area (Å²) in [6, 6.07) is 46.3. The Morgan fingerprint density at radius 3 is 2.07 bits per heavy atom. The van der Waals surface area contributed by atoms with Crippen LogP contribution in [0.15, 0.2) is 158 Å². The minimum absolute atomic E-state index is 0.616. The van der Waals surface area contributed by atoms with Crippen molar-refractivity contribution in [2.45, 2.75) is 5.41 Å². The molecule has 7 heteroatoms. The van der Waals surface area contributed by atoms with Crippen LogP contribution in [-0.2, 0) is 5.41 Å². The molecule has 2 aliphatic rings. The van der Waals surface area contributed by atoms with Gasteiger partial charge < -0.3 is 13.9 Å². The Bertz CT molecular complexity index is 3240. The highest BCUT2D eigenvalue weighted by Crippen LogP contribution is 2.61. The second-order valence-corrected chi connectivity index (χ2v) is 13.9. The molecule has 0 saturated heterocycles. The molecular weight excluding hydrogens is 665 g/mol. The van der Waals surface area contributed by atoms with Gasteiger partial charge in [-0.1, -0.05) is 72.8 Å². The molecular formula is C47H26N6O. The third-order valence-electron chi connectivity index (χ3n) is 11.4. The molecule has 10 aromatic rings. The van der Waals surface area contributed by atoms with E-state index in [1.807, 2.05) is 55.1 Å². The van der Waals surface area contributed by atoms with E-state index in [1.54, 1.807) is 0 Å². The van der Waals surface area contributed by atoms with Gasteiger partial charge in [0, 0.05) is 57.0 Å². The number of benzene rings is 5. The molecule has 6 heterocycles. The van der Waals surface area contributed by atoms with Crippen molar-refractivity contribution in [2.75, 3.05) is 0 Å². The molecule has 0 fully saturated rings. The van der Waals surface area contributed by atoms with E-state index in [2.05, 4.69) is 122 Å². The molecule has 0 N–H and O–H groups in total. The zero-order valence-electron chi connectivity index (χ0n) is 28.6. The SMILES string of the molecule is [C-]#[N+]c1ccc2c(c1)c1ccccc1n2-c1cnc2c(c1)C1(c3ccccc3Oc3cc(-n4c5ccccc5c5ccncc54)ccc31)c1cccnc1-2. The summed E-state index contributed by atoms with van der Waals surface area (Å²) in [7, 11) is 0. The predicted molar refractivity (Wildman–Crippen MR) is 212 cm³/mol. The lowest BCUT2D eigenvalue weighted by molar-refractivity contribution is 0.436. The van der Waals surface area contributed by atoms with Gasteiger partial charge >= 0.3 is 0 Å². The van der Waals surface area contributed by atoms with E-state index in [0.29, 0.717) is 5.69 Å². The zero-order valence-corrected chi connectivity index (χ0v) is 28.6. The summed E-state index contributed by atoms with van der Waals surface area (Å²) in [6.45, 7) is 7.69. The van der Waals surface area contributed by atoms with Crippen molar-refractivity contribution >= 4 is 49.3 Å². The largest absolute Gasteiger partial charge is 0.457 e. The van der Waals surface area contributed by atoms with Crippen molar-refractivity contribution in [3.8, 4) is 34.3 Å². The molecule has 1 aliphatic carbocycles. The van der Waals surface area contributed by atoms with Crippen molar-refractivity contribution in [3.63, 3.8) is 0 Å². The molecule has 250 valence electrons. The van der Waals surface area contributed by atoms with E-state index in [9.17, 15) is 0 Å². The van der Waals surface area contributed by atoms with Crippen molar-refractivity contribution in [2.24, 2.45) is 0 Å². The van der Waals surface area contributed by atoms with Gasteiger partial charge in [-0.25, -0.2) is 4.85 Å². The molecule has 0 bridgehead atoms. The number of aromatic nitrogens is 5. The number of ether oxygens (including phenoxy) is 1. The van der Waals surface area contributed by atoms with Crippen LogP contribution in [0.25, 0.3) is 71.2 Å².